The van der Waals surface area contributed by atoms with Crippen LogP contribution in [0, 0.1) is 24.2 Å². The lowest BCUT2D eigenvalue weighted by molar-refractivity contribution is -0.136. The fraction of sp³-hybridized carbons (Fsp3) is 0.250. The van der Waals surface area contributed by atoms with Crippen LogP contribution in [0.25, 0.3) is 0 Å². The Kier molecular flexibility index (Phi) is 14.6. The third-order valence-corrected chi connectivity index (χ3v) is 2.98. The van der Waals surface area contributed by atoms with Gasteiger partial charge in [0.2, 0.25) is 0 Å². The first-order chi connectivity index (χ1) is 11.2. The molecular weight excluding hydrogens is 352 g/mol. The minimum Gasteiger partial charge on any atom is -0.481 e. The second-order valence-corrected chi connectivity index (χ2v) is 5.39. The lowest BCUT2D eigenvalue weighted by Crippen LogP contribution is -1.89. The van der Waals surface area contributed by atoms with Gasteiger partial charge in [-0.05, 0) is 23.4 Å². The Bertz CT molecular complexity index is 587. The molecule has 0 aliphatic heterocycles. The van der Waals surface area contributed by atoms with Crippen LogP contribution in [-0.2, 0) is 4.79 Å². The summed E-state index contributed by atoms with van der Waals surface area (Å²) in [6.07, 6.45) is 25.2. The fourth-order valence-electron chi connectivity index (χ4n) is 1.31. The van der Waals surface area contributed by atoms with E-state index in [-0.39, 0.29) is 6.42 Å². The molecule has 0 heterocycles. The molecule has 0 aliphatic carbocycles. The molecule has 2 nitrogen and oxygen atoms in total. The number of allylic oxidation sites excluding steroid dienone is 9. The summed E-state index contributed by atoms with van der Waals surface area (Å²) in [4.78, 5) is 10.3. The van der Waals surface area contributed by atoms with Crippen molar-refractivity contribution in [3.8, 4) is 24.2 Å². The Morgan fingerprint density at radius 2 is 1.91 bits per heavy atom. The van der Waals surface area contributed by atoms with Gasteiger partial charge in [-0.15, -0.1) is 12.3 Å². The monoisotopic (exact) mass is 372 g/mol. The van der Waals surface area contributed by atoms with Crippen LogP contribution in [-0.4, -0.2) is 11.1 Å². The van der Waals surface area contributed by atoms with Gasteiger partial charge in [-0.1, -0.05) is 76.4 Å². The van der Waals surface area contributed by atoms with Crippen molar-refractivity contribution in [2.75, 3.05) is 0 Å². The van der Waals surface area contributed by atoms with Crippen molar-refractivity contribution in [3.63, 3.8) is 0 Å². The van der Waals surface area contributed by atoms with Gasteiger partial charge in [-0.3, -0.25) is 4.79 Å². The predicted octanol–water partition coefficient (Wildman–Crippen LogP) is 5.16. The first-order valence-electron chi connectivity index (χ1n) is 7.28. The Labute approximate surface area is 147 Å². The molecule has 0 saturated carbocycles. The minimum atomic E-state index is -0.832. The maximum Gasteiger partial charge on any atom is 0.307 e. The summed E-state index contributed by atoms with van der Waals surface area (Å²) in [5.74, 6) is 7.72. The van der Waals surface area contributed by atoms with Crippen molar-refractivity contribution in [3.05, 3.63) is 59.2 Å². The maximum atomic E-state index is 10.3. The molecule has 0 fully saturated rings. The van der Waals surface area contributed by atoms with E-state index in [0.717, 1.165) is 23.7 Å². The maximum absolute atomic E-state index is 10.3. The molecule has 0 saturated heterocycles. The Hall–Kier alpha value is -2.23. The Morgan fingerprint density at radius 3 is 2.65 bits per heavy atom. The van der Waals surface area contributed by atoms with Crippen LogP contribution < -0.4 is 0 Å². The van der Waals surface area contributed by atoms with Crippen molar-refractivity contribution >= 4 is 21.9 Å². The van der Waals surface area contributed by atoms with E-state index in [1.165, 1.54) is 0 Å². The van der Waals surface area contributed by atoms with Crippen molar-refractivity contribution in [2.45, 2.75) is 32.1 Å². The van der Waals surface area contributed by atoms with E-state index in [1.807, 2.05) is 42.5 Å². The van der Waals surface area contributed by atoms with Gasteiger partial charge < -0.3 is 5.11 Å². The highest BCUT2D eigenvalue weighted by atomic mass is 79.9. The number of aliphatic carboxylic acids is 1. The molecule has 0 atom stereocenters. The third-order valence-electron chi connectivity index (χ3n) is 2.39. The Morgan fingerprint density at radius 1 is 1.09 bits per heavy atom. The van der Waals surface area contributed by atoms with E-state index < -0.39 is 5.97 Å². The minimum absolute atomic E-state index is 0.0365. The number of hydrogen-bond donors (Lipinski definition) is 1. The van der Waals surface area contributed by atoms with Crippen LogP contribution in [0.4, 0.5) is 0 Å². The summed E-state index contributed by atoms with van der Waals surface area (Å²) in [7, 11) is 0. The van der Waals surface area contributed by atoms with Crippen molar-refractivity contribution in [2.24, 2.45) is 0 Å². The van der Waals surface area contributed by atoms with E-state index in [0.29, 0.717) is 6.42 Å². The molecule has 120 valence electrons. The van der Waals surface area contributed by atoms with Crippen LogP contribution in [0.1, 0.15) is 32.1 Å². The largest absolute Gasteiger partial charge is 0.481 e. The second kappa shape index (κ2) is 16.1. The Balaban J connectivity index is 3.89. The van der Waals surface area contributed by atoms with Gasteiger partial charge in [0, 0.05) is 12.8 Å². The van der Waals surface area contributed by atoms with E-state index in [2.05, 4.69) is 33.7 Å². The first-order valence-corrected chi connectivity index (χ1v) is 8.07. The molecule has 0 aromatic rings. The van der Waals surface area contributed by atoms with E-state index in [9.17, 15) is 4.79 Å². The molecule has 0 rings (SSSR count). The average Bonchev–Trinajstić information content (AvgIpc) is 2.52. The summed E-state index contributed by atoms with van der Waals surface area (Å²) >= 11 is 3.42. The number of halogens is 1. The molecule has 1 N–H and O–H groups in total. The molecule has 0 aliphatic rings. The standard InChI is InChI=1S/C20H21BrO2/c1-2-3-4-5-6-7-8-9-10-11-12-13-16-19(21)17-14-15-18-20(22)23/h1,5-8,12-15,17H,3-4,11,16,18H2,(H,22,23). The van der Waals surface area contributed by atoms with Crippen LogP contribution in [0.2, 0.25) is 0 Å². The summed E-state index contributed by atoms with van der Waals surface area (Å²) in [6.45, 7) is 0. The van der Waals surface area contributed by atoms with Crippen LogP contribution in [0.5, 0.6) is 0 Å². The molecule has 0 bridgehead atoms. The number of rotatable bonds is 9. The second-order valence-electron chi connectivity index (χ2n) is 4.37. The van der Waals surface area contributed by atoms with E-state index >= 15 is 0 Å². The third kappa shape index (κ3) is 17.7. The quantitative estimate of drug-likeness (QED) is 0.262. The van der Waals surface area contributed by atoms with Crippen LogP contribution >= 0.6 is 15.9 Å². The summed E-state index contributed by atoms with van der Waals surface area (Å²) < 4.78 is 0.986. The molecule has 0 amide bonds. The molecule has 3 heteroatoms. The average molecular weight is 373 g/mol. The van der Waals surface area contributed by atoms with Gasteiger partial charge in [0.1, 0.15) is 0 Å². The van der Waals surface area contributed by atoms with Crippen LogP contribution in [0.3, 0.4) is 0 Å². The number of carboxylic acids is 1. The smallest absolute Gasteiger partial charge is 0.307 e. The highest BCUT2D eigenvalue weighted by Gasteiger charge is 1.88. The predicted molar refractivity (Wildman–Crippen MR) is 101 cm³/mol. The van der Waals surface area contributed by atoms with Gasteiger partial charge in [-0.25, -0.2) is 0 Å². The molecular formula is C20H21BrO2. The number of hydrogen-bond acceptors (Lipinski definition) is 1. The van der Waals surface area contributed by atoms with Crippen LogP contribution in [0.15, 0.2) is 59.2 Å². The van der Waals surface area contributed by atoms with Gasteiger partial charge >= 0.3 is 5.97 Å². The topological polar surface area (TPSA) is 37.3 Å². The lowest BCUT2D eigenvalue weighted by Gasteiger charge is -1.89. The molecule has 0 aromatic carbocycles. The highest BCUT2D eigenvalue weighted by Crippen LogP contribution is 2.11. The van der Waals surface area contributed by atoms with Gasteiger partial charge in [-0.2, -0.15) is 0 Å². The van der Waals surface area contributed by atoms with Crippen molar-refractivity contribution < 1.29 is 9.90 Å². The molecule has 0 unspecified atom stereocenters. The zero-order chi connectivity index (χ0) is 17.2. The first kappa shape index (κ1) is 20.8. The fourth-order valence-corrected chi connectivity index (χ4v) is 1.65. The van der Waals surface area contributed by atoms with E-state index in [1.54, 1.807) is 12.2 Å². The number of carbonyl (C=O) groups is 1. The summed E-state index contributed by atoms with van der Waals surface area (Å²) in [5, 5.41) is 8.48. The molecule has 0 aromatic heterocycles. The van der Waals surface area contributed by atoms with Crippen molar-refractivity contribution in [1.82, 2.24) is 0 Å². The van der Waals surface area contributed by atoms with Gasteiger partial charge in [0.25, 0.3) is 0 Å². The van der Waals surface area contributed by atoms with Gasteiger partial charge in [0.05, 0.1) is 6.42 Å². The number of terminal acetylenes is 1. The lowest BCUT2D eigenvalue weighted by atomic mass is 10.3. The van der Waals surface area contributed by atoms with E-state index in [4.69, 9.17) is 11.5 Å². The zero-order valence-electron chi connectivity index (χ0n) is 13.0. The molecule has 0 spiro atoms. The van der Waals surface area contributed by atoms with Crippen molar-refractivity contribution in [1.29, 1.82) is 0 Å². The SMILES string of the molecule is C#CCCC=CC=CC#CCC=CCC(Br)=CC=CCC(=O)O. The number of carboxylic acid groups (broad SMARTS) is 1. The highest BCUT2D eigenvalue weighted by molar-refractivity contribution is 9.11. The number of unbranched alkanes of at least 4 members (excludes halogenated alkanes) is 1. The normalized spacial score (nSPS) is 12.1. The molecule has 23 heavy (non-hydrogen) atoms. The molecule has 0 radical (unpaired) electrons. The summed E-state index contributed by atoms with van der Waals surface area (Å²) in [6, 6.07) is 0. The van der Waals surface area contributed by atoms with Gasteiger partial charge in [0.15, 0.2) is 0 Å². The summed E-state index contributed by atoms with van der Waals surface area (Å²) in [5.41, 5.74) is 0. The zero-order valence-corrected chi connectivity index (χ0v) is 14.6.